The van der Waals surface area contributed by atoms with E-state index in [0.29, 0.717) is 17.9 Å². The van der Waals surface area contributed by atoms with Crippen LogP contribution in [0.25, 0.3) is 0 Å². The average molecular weight is 690 g/mol. The Labute approximate surface area is 295 Å². The van der Waals surface area contributed by atoms with E-state index in [1.807, 2.05) is 112 Å². The second kappa shape index (κ2) is 16.8. The standard InChI is InChI=1S/C41H43N3O5S/c1-4-32(3)42-41(46)39(28-33-14-8-5-9-15-33)43(29-34-16-10-6-11-17-34)40(45)30-44(50(47,48)38-26-20-31(2)21-27-38)35-22-24-37(25-23-35)49-36-18-12-7-13-19-36/h5-27,32,39H,4,28-30H2,1-3H3,(H,42,46)/t32-,39-/m1/s1. The number of benzene rings is 5. The number of anilines is 1. The maximum atomic E-state index is 14.7. The molecule has 0 bridgehead atoms. The Morgan fingerprint density at radius 2 is 1.26 bits per heavy atom. The Hall–Kier alpha value is -5.41. The van der Waals surface area contributed by atoms with E-state index >= 15 is 0 Å². The summed E-state index contributed by atoms with van der Waals surface area (Å²) in [7, 11) is -4.23. The number of hydrogen-bond donors (Lipinski definition) is 1. The first-order valence-electron chi connectivity index (χ1n) is 16.7. The summed E-state index contributed by atoms with van der Waals surface area (Å²) in [6, 6.07) is 40.3. The third-order valence-corrected chi connectivity index (χ3v) is 10.2. The van der Waals surface area contributed by atoms with E-state index in [9.17, 15) is 18.0 Å². The van der Waals surface area contributed by atoms with Crippen LogP contribution >= 0.6 is 0 Å². The summed E-state index contributed by atoms with van der Waals surface area (Å²) >= 11 is 0. The lowest BCUT2D eigenvalue weighted by Crippen LogP contribution is -2.54. The van der Waals surface area contributed by atoms with Crippen molar-refractivity contribution in [2.45, 2.75) is 57.1 Å². The van der Waals surface area contributed by atoms with E-state index in [1.165, 1.54) is 17.0 Å². The normalized spacial score (nSPS) is 12.4. The predicted octanol–water partition coefficient (Wildman–Crippen LogP) is 7.54. The highest BCUT2D eigenvalue weighted by atomic mass is 32.2. The van der Waals surface area contributed by atoms with Crippen molar-refractivity contribution in [1.82, 2.24) is 10.2 Å². The number of rotatable bonds is 15. The van der Waals surface area contributed by atoms with Gasteiger partial charge in [-0.15, -0.1) is 0 Å². The van der Waals surface area contributed by atoms with Crippen molar-refractivity contribution in [3.63, 3.8) is 0 Å². The number of amides is 2. The van der Waals surface area contributed by atoms with Crippen molar-refractivity contribution >= 4 is 27.5 Å². The van der Waals surface area contributed by atoms with Gasteiger partial charge >= 0.3 is 0 Å². The molecule has 5 aromatic carbocycles. The van der Waals surface area contributed by atoms with Gasteiger partial charge < -0.3 is 15.0 Å². The van der Waals surface area contributed by atoms with Gasteiger partial charge in [0.2, 0.25) is 11.8 Å². The Balaban J connectivity index is 1.55. The third kappa shape index (κ3) is 9.39. The molecular formula is C41H43N3O5S. The number of ether oxygens (including phenoxy) is 1. The Bertz CT molecular complexity index is 1940. The molecule has 0 aliphatic heterocycles. The van der Waals surface area contributed by atoms with Gasteiger partial charge in [-0.2, -0.15) is 0 Å². The number of nitrogens with zero attached hydrogens (tertiary/aromatic N) is 2. The fraction of sp³-hybridized carbons (Fsp3) is 0.220. The zero-order valence-corrected chi connectivity index (χ0v) is 29.4. The number of para-hydroxylation sites is 1. The first-order valence-corrected chi connectivity index (χ1v) is 18.2. The molecule has 258 valence electrons. The predicted molar refractivity (Wildman–Crippen MR) is 197 cm³/mol. The van der Waals surface area contributed by atoms with Gasteiger partial charge in [0.1, 0.15) is 24.1 Å². The maximum Gasteiger partial charge on any atom is 0.264 e. The lowest BCUT2D eigenvalue weighted by atomic mass is 10.0. The largest absolute Gasteiger partial charge is 0.457 e. The molecule has 5 rings (SSSR count). The van der Waals surface area contributed by atoms with Crippen LogP contribution in [0.15, 0.2) is 144 Å². The molecule has 1 N–H and O–H groups in total. The van der Waals surface area contributed by atoms with Crippen LogP contribution in [0.4, 0.5) is 5.69 Å². The van der Waals surface area contributed by atoms with Crippen LogP contribution < -0.4 is 14.4 Å². The van der Waals surface area contributed by atoms with Crippen LogP contribution in [-0.2, 0) is 32.6 Å². The summed E-state index contributed by atoms with van der Waals surface area (Å²) in [4.78, 5) is 30.2. The number of carbonyl (C=O) groups is 2. The molecule has 2 atom stereocenters. The van der Waals surface area contributed by atoms with Gasteiger partial charge in [0, 0.05) is 19.0 Å². The van der Waals surface area contributed by atoms with Crippen LogP contribution in [-0.4, -0.2) is 43.8 Å². The van der Waals surface area contributed by atoms with Crippen molar-refractivity contribution in [3.8, 4) is 11.5 Å². The van der Waals surface area contributed by atoms with E-state index in [1.54, 1.807) is 36.4 Å². The van der Waals surface area contributed by atoms with Crippen molar-refractivity contribution in [2.75, 3.05) is 10.8 Å². The van der Waals surface area contributed by atoms with E-state index < -0.39 is 28.5 Å². The number of aryl methyl sites for hydroxylation is 1. The minimum atomic E-state index is -4.23. The number of nitrogens with one attached hydrogen (secondary N) is 1. The molecule has 0 fully saturated rings. The molecule has 0 aromatic heterocycles. The van der Waals surface area contributed by atoms with Crippen molar-refractivity contribution in [3.05, 3.63) is 156 Å². The molecule has 9 heteroatoms. The van der Waals surface area contributed by atoms with Gasteiger partial charge in [-0.1, -0.05) is 103 Å². The molecule has 50 heavy (non-hydrogen) atoms. The van der Waals surface area contributed by atoms with E-state index in [-0.39, 0.29) is 35.5 Å². The highest BCUT2D eigenvalue weighted by Crippen LogP contribution is 2.29. The third-order valence-electron chi connectivity index (χ3n) is 8.46. The van der Waals surface area contributed by atoms with Crippen LogP contribution in [0.1, 0.15) is 37.0 Å². The van der Waals surface area contributed by atoms with Gasteiger partial charge in [-0.3, -0.25) is 13.9 Å². The summed E-state index contributed by atoms with van der Waals surface area (Å²) in [5.41, 5.74) is 2.87. The zero-order chi connectivity index (χ0) is 35.5. The van der Waals surface area contributed by atoms with Crippen LogP contribution in [0.2, 0.25) is 0 Å². The fourth-order valence-electron chi connectivity index (χ4n) is 5.45. The lowest BCUT2D eigenvalue weighted by Gasteiger charge is -2.34. The average Bonchev–Trinajstić information content (AvgIpc) is 3.13. The Morgan fingerprint density at radius 3 is 1.84 bits per heavy atom. The second-order valence-corrected chi connectivity index (χ2v) is 14.1. The summed E-state index contributed by atoms with van der Waals surface area (Å²) in [5, 5.41) is 3.06. The van der Waals surface area contributed by atoms with E-state index in [2.05, 4.69) is 5.32 Å². The van der Waals surface area contributed by atoms with Gasteiger partial charge in [0.05, 0.1) is 10.6 Å². The highest BCUT2D eigenvalue weighted by Gasteiger charge is 2.35. The van der Waals surface area contributed by atoms with Crippen molar-refractivity contribution < 1.29 is 22.7 Å². The topological polar surface area (TPSA) is 96.0 Å². The first-order chi connectivity index (χ1) is 24.1. The van der Waals surface area contributed by atoms with Gasteiger partial charge in [0.25, 0.3) is 10.0 Å². The van der Waals surface area contributed by atoms with E-state index in [0.717, 1.165) is 21.0 Å². The lowest BCUT2D eigenvalue weighted by molar-refractivity contribution is -0.140. The van der Waals surface area contributed by atoms with Crippen LogP contribution in [0.5, 0.6) is 11.5 Å². The second-order valence-electron chi connectivity index (χ2n) is 12.3. The quantitative estimate of drug-likeness (QED) is 0.123. The molecule has 0 spiro atoms. The SMILES string of the molecule is CC[C@@H](C)NC(=O)[C@@H](Cc1ccccc1)N(Cc1ccccc1)C(=O)CN(c1ccc(Oc2ccccc2)cc1)S(=O)(=O)c1ccc(C)cc1. The molecule has 0 unspecified atom stereocenters. The molecule has 0 aliphatic carbocycles. The molecule has 0 heterocycles. The van der Waals surface area contributed by atoms with Crippen molar-refractivity contribution in [1.29, 1.82) is 0 Å². The monoisotopic (exact) mass is 689 g/mol. The number of sulfonamides is 1. The van der Waals surface area contributed by atoms with Crippen molar-refractivity contribution in [2.24, 2.45) is 0 Å². The summed E-state index contributed by atoms with van der Waals surface area (Å²) < 4.78 is 35.8. The maximum absolute atomic E-state index is 14.7. The summed E-state index contributed by atoms with van der Waals surface area (Å²) in [5.74, 6) is 0.322. The number of carbonyl (C=O) groups excluding carboxylic acids is 2. The Kier molecular flexibility index (Phi) is 12.1. The van der Waals surface area contributed by atoms with Crippen LogP contribution in [0, 0.1) is 6.92 Å². The summed E-state index contributed by atoms with van der Waals surface area (Å²) in [6.45, 7) is 5.34. The van der Waals surface area contributed by atoms with Crippen LogP contribution in [0.3, 0.4) is 0 Å². The molecule has 5 aromatic rings. The fourth-order valence-corrected chi connectivity index (χ4v) is 6.86. The molecule has 0 aliphatic rings. The smallest absolute Gasteiger partial charge is 0.264 e. The number of hydrogen-bond acceptors (Lipinski definition) is 5. The minimum absolute atomic E-state index is 0.0467. The molecular weight excluding hydrogens is 647 g/mol. The molecule has 2 amide bonds. The molecule has 8 nitrogen and oxygen atoms in total. The molecule has 0 saturated heterocycles. The summed E-state index contributed by atoms with van der Waals surface area (Å²) in [6.07, 6.45) is 0.959. The highest BCUT2D eigenvalue weighted by molar-refractivity contribution is 7.92. The Morgan fingerprint density at radius 1 is 0.720 bits per heavy atom. The van der Waals surface area contributed by atoms with Gasteiger partial charge in [-0.25, -0.2) is 8.42 Å². The molecule has 0 saturated carbocycles. The zero-order valence-electron chi connectivity index (χ0n) is 28.6. The van der Waals surface area contributed by atoms with Gasteiger partial charge in [0.15, 0.2) is 0 Å². The first kappa shape index (κ1) is 35.9. The van der Waals surface area contributed by atoms with E-state index in [4.69, 9.17) is 4.74 Å². The molecule has 0 radical (unpaired) electrons. The minimum Gasteiger partial charge on any atom is -0.457 e. The van der Waals surface area contributed by atoms with Gasteiger partial charge in [-0.05, 0) is 79.9 Å².